The van der Waals surface area contributed by atoms with Gasteiger partial charge in [-0.1, -0.05) is 19.1 Å². The van der Waals surface area contributed by atoms with E-state index in [1.54, 1.807) is 36.4 Å². The predicted molar refractivity (Wildman–Crippen MR) is 132 cm³/mol. The first-order valence-corrected chi connectivity index (χ1v) is 11.7. The minimum absolute atomic E-state index is 0.0326. The van der Waals surface area contributed by atoms with Crippen molar-refractivity contribution in [2.75, 3.05) is 12.4 Å². The van der Waals surface area contributed by atoms with Crippen molar-refractivity contribution in [3.8, 4) is 11.5 Å². The molecule has 0 saturated heterocycles. The Labute approximate surface area is 216 Å². The fraction of sp³-hybridized carbons (Fsp3) is 0.269. The number of amides is 2. The number of ether oxygens (including phenoxy) is 2. The Bertz CT molecular complexity index is 1330. The molecule has 0 bridgehead atoms. The highest BCUT2D eigenvalue weighted by Gasteiger charge is 2.34. The van der Waals surface area contributed by atoms with Crippen LogP contribution in [0.5, 0.6) is 11.5 Å². The normalized spacial score (nSPS) is 15.6. The number of hydrazone groups is 1. The van der Waals surface area contributed by atoms with Crippen LogP contribution >= 0.6 is 0 Å². The number of halogens is 3. The molecule has 1 atom stereocenters. The molecule has 0 spiro atoms. The van der Waals surface area contributed by atoms with Crippen molar-refractivity contribution in [3.63, 3.8) is 0 Å². The van der Waals surface area contributed by atoms with Crippen molar-refractivity contribution >= 4 is 23.2 Å². The van der Waals surface area contributed by atoms with E-state index in [0.29, 0.717) is 23.4 Å². The van der Waals surface area contributed by atoms with E-state index in [0.717, 1.165) is 5.56 Å². The Kier molecular flexibility index (Phi) is 7.89. The quantitative estimate of drug-likeness (QED) is 0.451. The molecule has 0 fully saturated rings. The fourth-order valence-electron chi connectivity index (χ4n) is 3.95. The van der Waals surface area contributed by atoms with E-state index in [2.05, 4.69) is 25.1 Å². The van der Waals surface area contributed by atoms with Gasteiger partial charge in [0.15, 0.2) is 11.5 Å². The number of carbonyl (C=O) groups excluding carboxylic acids is 2. The summed E-state index contributed by atoms with van der Waals surface area (Å²) < 4.78 is 47.9. The minimum Gasteiger partial charge on any atom is -0.493 e. The Balaban J connectivity index is 1.54. The average molecular weight is 528 g/mol. The van der Waals surface area contributed by atoms with E-state index in [9.17, 15) is 22.8 Å². The Morgan fingerprint density at radius 3 is 2.45 bits per heavy atom. The standard InChI is InChI=1S/C26H24F3N5O4/c1-3-17-14-22(35)34(33-23(17)18-7-10-20(37-2)21(13-18)38-26(27,28)29)15-16-5-8-19(9-6-16)32-25(36)24-30-11-4-12-31-24/h4-13,17H,3,14-15H2,1-2H3,(H,32,36). The van der Waals surface area contributed by atoms with Gasteiger partial charge in [0.05, 0.1) is 19.4 Å². The van der Waals surface area contributed by atoms with Gasteiger partial charge in [-0.3, -0.25) is 9.59 Å². The van der Waals surface area contributed by atoms with Gasteiger partial charge in [-0.25, -0.2) is 15.0 Å². The van der Waals surface area contributed by atoms with Crippen LogP contribution in [0.2, 0.25) is 0 Å². The Morgan fingerprint density at radius 2 is 1.82 bits per heavy atom. The first-order valence-electron chi connectivity index (χ1n) is 11.7. The van der Waals surface area contributed by atoms with Crippen LogP contribution in [0.15, 0.2) is 66.0 Å². The average Bonchev–Trinajstić information content (AvgIpc) is 2.90. The molecule has 2 heterocycles. The molecule has 4 rings (SSSR count). The highest BCUT2D eigenvalue weighted by Crippen LogP contribution is 2.35. The molecule has 2 aromatic carbocycles. The van der Waals surface area contributed by atoms with E-state index in [1.807, 2.05) is 6.92 Å². The number of carbonyl (C=O) groups is 2. The van der Waals surface area contributed by atoms with Crippen molar-refractivity contribution < 1.29 is 32.2 Å². The van der Waals surface area contributed by atoms with Gasteiger partial charge >= 0.3 is 6.36 Å². The van der Waals surface area contributed by atoms with Crippen LogP contribution in [0.4, 0.5) is 18.9 Å². The lowest BCUT2D eigenvalue weighted by Crippen LogP contribution is -2.36. The lowest BCUT2D eigenvalue weighted by Gasteiger charge is -2.29. The molecule has 0 saturated carbocycles. The summed E-state index contributed by atoms with van der Waals surface area (Å²) in [6, 6.07) is 12.6. The van der Waals surface area contributed by atoms with Gasteiger partial charge in [-0.2, -0.15) is 5.10 Å². The smallest absolute Gasteiger partial charge is 0.493 e. The number of nitrogens with zero attached hydrogens (tertiary/aromatic N) is 4. The number of rotatable bonds is 8. The summed E-state index contributed by atoms with van der Waals surface area (Å²) >= 11 is 0. The summed E-state index contributed by atoms with van der Waals surface area (Å²) in [5.74, 6) is -1.47. The molecule has 1 aliphatic rings. The van der Waals surface area contributed by atoms with Crippen molar-refractivity contribution in [2.24, 2.45) is 11.0 Å². The highest BCUT2D eigenvalue weighted by molar-refractivity contribution is 6.06. The van der Waals surface area contributed by atoms with Gasteiger partial charge in [-0.15, -0.1) is 13.2 Å². The Morgan fingerprint density at radius 1 is 1.11 bits per heavy atom. The number of alkyl halides is 3. The highest BCUT2D eigenvalue weighted by atomic mass is 19.4. The second kappa shape index (κ2) is 11.3. The SMILES string of the molecule is CCC1CC(=O)N(Cc2ccc(NC(=O)c3ncccn3)cc2)N=C1c1ccc(OC)c(OC(F)(F)F)c1. The molecular formula is C26H24F3N5O4. The van der Waals surface area contributed by atoms with Crippen molar-refractivity contribution in [1.29, 1.82) is 0 Å². The summed E-state index contributed by atoms with van der Waals surface area (Å²) in [6.45, 7) is 2.02. The maximum Gasteiger partial charge on any atom is 0.573 e. The van der Waals surface area contributed by atoms with Gasteiger partial charge in [0.25, 0.3) is 5.91 Å². The topological polar surface area (TPSA) is 106 Å². The number of aromatic nitrogens is 2. The second-order valence-electron chi connectivity index (χ2n) is 8.38. The maximum atomic E-state index is 12.9. The monoisotopic (exact) mass is 527 g/mol. The summed E-state index contributed by atoms with van der Waals surface area (Å²) in [4.78, 5) is 32.9. The molecular weight excluding hydrogens is 503 g/mol. The third-order valence-corrected chi connectivity index (χ3v) is 5.81. The van der Waals surface area contributed by atoms with Crippen LogP contribution in [0.1, 0.15) is 41.5 Å². The molecule has 3 aromatic rings. The van der Waals surface area contributed by atoms with Crippen molar-refractivity contribution in [2.45, 2.75) is 32.7 Å². The van der Waals surface area contributed by atoms with Crippen LogP contribution in [-0.2, 0) is 11.3 Å². The maximum absolute atomic E-state index is 12.9. The minimum atomic E-state index is -4.90. The molecule has 38 heavy (non-hydrogen) atoms. The number of hydrogen-bond donors (Lipinski definition) is 1. The van der Waals surface area contributed by atoms with Gasteiger partial charge < -0.3 is 14.8 Å². The molecule has 198 valence electrons. The summed E-state index contributed by atoms with van der Waals surface area (Å²) in [6.07, 6.45) is -1.24. The van der Waals surface area contributed by atoms with E-state index in [4.69, 9.17) is 4.74 Å². The molecule has 9 nitrogen and oxygen atoms in total. The molecule has 1 aliphatic heterocycles. The number of anilines is 1. The van der Waals surface area contributed by atoms with Gasteiger partial charge in [0.2, 0.25) is 11.7 Å². The molecule has 2 amide bonds. The van der Waals surface area contributed by atoms with Crippen LogP contribution in [-0.4, -0.2) is 46.0 Å². The first-order chi connectivity index (χ1) is 18.2. The van der Waals surface area contributed by atoms with E-state index >= 15 is 0 Å². The zero-order valence-electron chi connectivity index (χ0n) is 20.5. The largest absolute Gasteiger partial charge is 0.573 e. The Hall–Kier alpha value is -4.48. The lowest BCUT2D eigenvalue weighted by atomic mass is 9.89. The summed E-state index contributed by atoms with van der Waals surface area (Å²) in [5.41, 5.74) is 2.13. The summed E-state index contributed by atoms with van der Waals surface area (Å²) in [5, 5.41) is 8.51. The third kappa shape index (κ3) is 6.44. The zero-order valence-corrected chi connectivity index (χ0v) is 20.5. The fourth-order valence-corrected chi connectivity index (χ4v) is 3.95. The van der Waals surface area contributed by atoms with Crippen molar-refractivity contribution in [1.82, 2.24) is 15.0 Å². The van der Waals surface area contributed by atoms with E-state index in [-0.39, 0.29) is 36.4 Å². The zero-order chi connectivity index (χ0) is 27.3. The van der Waals surface area contributed by atoms with Gasteiger partial charge in [-0.05, 0) is 48.4 Å². The lowest BCUT2D eigenvalue weighted by molar-refractivity contribution is -0.275. The molecule has 12 heteroatoms. The molecule has 1 unspecified atom stereocenters. The molecule has 1 aromatic heterocycles. The van der Waals surface area contributed by atoms with E-state index < -0.39 is 18.0 Å². The molecule has 0 aliphatic carbocycles. The summed E-state index contributed by atoms with van der Waals surface area (Å²) in [7, 11) is 1.25. The van der Waals surface area contributed by atoms with Gasteiger partial charge in [0.1, 0.15) is 0 Å². The number of nitrogens with one attached hydrogen (secondary N) is 1. The number of hydrogen-bond acceptors (Lipinski definition) is 7. The van der Waals surface area contributed by atoms with Crippen LogP contribution in [0.3, 0.4) is 0 Å². The van der Waals surface area contributed by atoms with Crippen molar-refractivity contribution in [3.05, 3.63) is 77.9 Å². The third-order valence-electron chi connectivity index (χ3n) is 5.81. The number of methoxy groups -OCH3 is 1. The first kappa shape index (κ1) is 26.6. The molecule has 0 radical (unpaired) electrons. The predicted octanol–water partition coefficient (Wildman–Crippen LogP) is 4.80. The van der Waals surface area contributed by atoms with Gasteiger partial charge in [0, 0.05) is 36.0 Å². The van der Waals surface area contributed by atoms with E-state index in [1.165, 1.54) is 36.6 Å². The van der Waals surface area contributed by atoms with Crippen LogP contribution in [0.25, 0.3) is 0 Å². The van der Waals surface area contributed by atoms with Crippen LogP contribution < -0.4 is 14.8 Å². The number of benzene rings is 2. The molecule has 1 N–H and O–H groups in total. The van der Waals surface area contributed by atoms with Crippen LogP contribution in [0, 0.1) is 5.92 Å². The second-order valence-corrected chi connectivity index (χ2v) is 8.38.